The van der Waals surface area contributed by atoms with E-state index in [9.17, 15) is 18.8 Å². The lowest BCUT2D eigenvalue weighted by Gasteiger charge is -2.25. The predicted molar refractivity (Wildman–Crippen MR) is 80.9 cm³/mol. The molecule has 6 nitrogen and oxygen atoms in total. The van der Waals surface area contributed by atoms with E-state index in [4.69, 9.17) is 4.74 Å². The molecule has 1 aromatic rings. The van der Waals surface area contributed by atoms with Gasteiger partial charge in [-0.1, -0.05) is 12.1 Å². The Balaban J connectivity index is 2.09. The molecule has 2 aliphatic rings. The monoisotopic (exact) mass is 335 g/mol. The van der Waals surface area contributed by atoms with Crippen molar-refractivity contribution < 1.29 is 28.8 Å². The molecule has 3 rings (SSSR count). The average molecular weight is 335 g/mol. The second-order valence-corrected chi connectivity index (χ2v) is 6.44. The normalized spacial score (nSPS) is 32.2. The lowest BCUT2D eigenvalue weighted by atomic mass is 9.80. The van der Waals surface area contributed by atoms with Crippen LogP contribution in [-0.2, 0) is 19.1 Å². The van der Waals surface area contributed by atoms with Crippen LogP contribution in [0.4, 0.5) is 4.39 Å². The highest BCUT2D eigenvalue weighted by Gasteiger charge is 2.70. The summed E-state index contributed by atoms with van der Waals surface area (Å²) in [5, 5.41) is 1.71. The van der Waals surface area contributed by atoms with Gasteiger partial charge in [-0.15, -0.1) is 0 Å². The number of ether oxygens (including phenoxy) is 1. The van der Waals surface area contributed by atoms with Crippen LogP contribution >= 0.6 is 0 Å². The lowest BCUT2D eigenvalue weighted by molar-refractivity contribution is -0.731. The molecule has 2 fully saturated rings. The summed E-state index contributed by atoms with van der Waals surface area (Å²) in [6.07, 6.45) is 0. The van der Waals surface area contributed by atoms with Crippen molar-refractivity contribution in [2.45, 2.75) is 25.4 Å². The first-order valence-corrected chi connectivity index (χ1v) is 7.90. The Kier molecular flexibility index (Phi) is 3.91. The van der Waals surface area contributed by atoms with Crippen molar-refractivity contribution in [1.29, 1.82) is 0 Å². The van der Waals surface area contributed by atoms with E-state index in [0.29, 0.717) is 5.56 Å². The first-order valence-electron chi connectivity index (χ1n) is 7.90. The molecule has 0 aromatic heterocycles. The molecule has 24 heavy (non-hydrogen) atoms. The van der Waals surface area contributed by atoms with Gasteiger partial charge < -0.3 is 10.1 Å². The van der Waals surface area contributed by atoms with E-state index in [1.165, 1.54) is 24.1 Å². The predicted octanol–water partition coefficient (Wildman–Crippen LogP) is -0.00340. The fourth-order valence-electron chi connectivity index (χ4n) is 4.04. The third-order valence-electron chi connectivity index (χ3n) is 5.20. The number of esters is 1. The highest BCUT2D eigenvalue weighted by atomic mass is 19.1. The van der Waals surface area contributed by atoms with Gasteiger partial charge in [-0.05, 0) is 19.1 Å². The number of carbonyl (C=O) groups is 3. The zero-order valence-electron chi connectivity index (χ0n) is 13.8. The van der Waals surface area contributed by atoms with Gasteiger partial charge in [0.15, 0.2) is 0 Å². The number of fused-ring (bicyclic) bond motifs is 1. The first-order chi connectivity index (χ1) is 11.3. The minimum atomic E-state index is -1.19. The van der Waals surface area contributed by atoms with Crippen molar-refractivity contribution in [3.63, 3.8) is 0 Å². The fourth-order valence-corrected chi connectivity index (χ4v) is 4.04. The summed E-state index contributed by atoms with van der Waals surface area (Å²) in [5.74, 6) is -3.00. The summed E-state index contributed by atoms with van der Waals surface area (Å²) < 4.78 is 18.1. The number of hydrogen-bond acceptors (Lipinski definition) is 4. The minimum absolute atomic E-state index is 0.262. The number of halogens is 1. The molecule has 7 heteroatoms. The number of benzene rings is 1. The number of nitrogens with zero attached hydrogens (tertiary/aromatic N) is 1. The average Bonchev–Trinajstić information content (AvgIpc) is 3.02. The summed E-state index contributed by atoms with van der Waals surface area (Å²) in [6, 6.07) is 5.36. The Morgan fingerprint density at radius 1 is 1.29 bits per heavy atom. The SMILES string of the molecule is CCN1C(=O)[C@H]2[C@@H](C1=O)[C@](C)(C(=O)OC)[NH2+][C@H]2c1ccc(F)cc1. The first kappa shape index (κ1) is 16.6. The van der Waals surface area contributed by atoms with E-state index in [2.05, 4.69) is 0 Å². The van der Waals surface area contributed by atoms with Gasteiger partial charge in [-0.3, -0.25) is 14.5 Å². The number of quaternary nitrogens is 1. The Hall–Kier alpha value is -2.28. The molecule has 0 radical (unpaired) electrons. The minimum Gasteiger partial charge on any atom is -0.464 e. The second-order valence-electron chi connectivity index (χ2n) is 6.44. The third-order valence-corrected chi connectivity index (χ3v) is 5.20. The smallest absolute Gasteiger partial charge is 0.368 e. The quantitative estimate of drug-likeness (QED) is 0.623. The second kappa shape index (κ2) is 5.66. The van der Waals surface area contributed by atoms with Gasteiger partial charge in [-0.2, -0.15) is 0 Å². The molecule has 2 aliphatic heterocycles. The van der Waals surface area contributed by atoms with Crippen molar-refractivity contribution >= 4 is 17.8 Å². The van der Waals surface area contributed by atoms with Crippen molar-refractivity contribution in [3.8, 4) is 0 Å². The Morgan fingerprint density at radius 3 is 2.46 bits per heavy atom. The molecule has 2 saturated heterocycles. The highest BCUT2D eigenvalue weighted by Crippen LogP contribution is 2.44. The van der Waals surface area contributed by atoms with Crippen LogP contribution in [0.3, 0.4) is 0 Å². The van der Waals surface area contributed by atoms with Gasteiger partial charge in [0.1, 0.15) is 23.7 Å². The molecule has 2 amide bonds. The summed E-state index contributed by atoms with van der Waals surface area (Å²) in [4.78, 5) is 39.0. The third kappa shape index (κ3) is 2.15. The van der Waals surface area contributed by atoms with Gasteiger partial charge in [-0.25, -0.2) is 9.18 Å². The van der Waals surface area contributed by atoms with Gasteiger partial charge in [0, 0.05) is 19.0 Å². The molecule has 2 N–H and O–H groups in total. The summed E-state index contributed by atoms with van der Waals surface area (Å²) in [6.45, 7) is 3.62. The highest BCUT2D eigenvalue weighted by molar-refractivity contribution is 6.08. The number of likely N-dealkylation sites (tertiary alicyclic amines) is 1. The number of methoxy groups -OCH3 is 1. The number of amides is 2. The van der Waals surface area contributed by atoms with Crippen LogP contribution < -0.4 is 5.32 Å². The lowest BCUT2D eigenvalue weighted by Crippen LogP contribution is -2.97. The van der Waals surface area contributed by atoms with E-state index in [0.717, 1.165) is 0 Å². The van der Waals surface area contributed by atoms with Crippen molar-refractivity contribution in [2.75, 3.05) is 13.7 Å². The molecule has 0 spiro atoms. The number of imide groups is 1. The zero-order chi connectivity index (χ0) is 17.6. The van der Waals surface area contributed by atoms with E-state index in [-0.39, 0.29) is 24.2 Å². The van der Waals surface area contributed by atoms with Crippen LogP contribution in [0.1, 0.15) is 25.5 Å². The standard InChI is InChI=1S/C17H19FN2O4/c1-4-20-14(21)11-12(15(20)22)17(2,16(23)24-3)19-13(11)9-5-7-10(18)8-6-9/h5-8,11-13,19H,4H2,1-3H3/p+1/t11-,12-,13-,17+/m0/s1. The Labute approximate surface area is 139 Å². The largest absolute Gasteiger partial charge is 0.464 e. The maximum atomic E-state index is 13.2. The molecule has 2 heterocycles. The van der Waals surface area contributed by atoms with Crippen LogP contribution in [0.2, 0.25) is 0 Å². The fraction of sp³-hybridized carbons (Fsp3) is 0.471. The Morgan fingerprint density at radius 2 is 1.92 bits per heavy atom. The molecule has 0 bridgehead atoms. The molecular weight excluding hydrogens is 315 g/mol. The van der Waals surface area contributed by atoms with E-state index >= 15 is 0 Å². The van der Waals surface area contributed by atoms with Gasteiger partial charge in [0.25, 0.3) is 0 Å². The van der Waals surface area contributed by atoms with Crippen LogP contribution in [0, 0.1) is 17.7 Å². The molecule has 0 unspecified atom stereocenters. The summed E-state index contributed by atoms with van der Waals surface area (Å²) >= 11 is 0. The molecule has 0 aliphatic carbocycles. The summed E-state index contributed by atoms with van der Waals surface area (Å²) in [5.41, 5.74) is -0.479. The van der Waals surface area contributed by atoms with Crippen LogP contribution in [0.15, 0.2) is 24.3 Å². The van der Waals surface area contributed by atoms with Crippen molar-refractivity contribution in [3.05, 3.63) is 35.6 Å². The number of hydrogen-bond donors (Lipinski definition) is 1. The van der Waals surface area contributed by atoms with Gasteiger partial charge >= 0.3 is 5.97 Å². The van der Waals surface area contributed by atoms with Crippen LogP contribution in [0.5, 0.6) is 0 Å². The van der Waals surface area contributed by atoms with E-state index in [1.54, 1.807) is 31.3 Å². The number of nitrogens with two attached hydrogens (primary N) is 1. The number of carbonyl (C=O) groups excluding carboxylic acids is 3. The maximum absolute atomic E-state index is 13.2. The van der Waals surface area contributed by atoms with E-state index < -0.39 is 29.4 Å². The summed E-state index contributed by atoms with van der Waals surface area (Å²) in [7, 11) is 1.26. The molecule has 1 aromatic carbocycles. The maximum Gasteiger partial charge on any atom is 0.368 e. The molecule has 0 saturated carbocycles. The van der Waals surface area contributed by atoms with Crippen LogP contribution in [0.25, 0.3) is 0 Å². The number of rotatable bonds is 3. The van der Waals surface area contributed by atoms with Crippen LogP contribution in [-0.4, -0.2) is 41.9 Å². The van der Waals surface area contributed by atoms with Crippen molar-refractivity contribution in [1.82, 2.24) is 4.90 Å². The molecular formula is C17H20FN2O4+. The topological polar surface area (TPSA) is 80.3 Å². The van der Waals surface area contributed by atoms with Gasteiger partial charge in [0.2, 0.25) is 17.4 Å². The Bertz CT molecular complexity index is 705. The van der Waals surface area contributed by atoms with E-state index in [1.807, 2.05) is 0 Å². The molecule has 4 atom stereocenters. The van der Waals surface area contributed by atoms with Crippen molar-refractivity contribution in [2.24, 2.45) is 11.8 Å². The van der Waals surface area contributed by atoms with Gasteiger partial charge in [0.05, 0.1) is 7.11 Å². The molecule has 128 valence electrons. The zero-order valence-corrected chi connectivity index (χ0v) is 13.8.